The van der Waals surface area contributed by atoms with Gasteiger partial charge in [-0.05, 0) is 31.4 Å². The van der Waals surface area contributed by atoms with Crippen LogP contribution in [0.1, 0.15) is 41.6 Å². The maximum absolute atomic E-state index is 13.8. The quantitative estimate of drug-likeness (QED) is 0.878. The second kappa shape index (κ2) is 5.70. The lowest BCUT2D eigenvalue weighted by Crippen LogP contribution is -2.38. The Kier molecular flexibility index (Phi) is 4.20. The number of rotatable bonds is 4. The van der Waals surface area contributed by atoms with Crippen molar-refractivity contribution in [3.05, 3.63) is 35.1 Å². The van der Waals surface area contributed by atoms with Crippen LogP contribution in [0.3, 0.4) is 0 Å². The van der Waals surface area contributed by atoms with E-state index in [1.165, 1.54) is 6.07 Å². The van der Waals surface area contributed by atoms with Gasteiger partial charge in [0.25, 0.3) is 5.91 Å². The van der Waals surface area contributed by atoms with Gasteiger partial charge in [0, 0.05) is 12.0 Å². The standard InChI is InChI=1S/C15H20FNO2/c1-11-5-4-6-12(13(11)16)14(19)17-9-15(10-18)7-2-3-8-15/h4-6,18H,2-3,7-10H2,1H3,(H,17,19). The summed E-state index contributed by atoms with van der Waals surface area (Å²) in [7, 11) is 0. The van der Waals surface area contributed by atoms with E-state index in [1.54, 1.807) is 19.1 Å². The minimum absolute atomic E-state index is 0.0730. The number of aliphatic hydroxyl groups excluding tert-OH is 1. The Labute approximate surface area is 112 Å². The fourth-order valence-corrected chi connectivity index (χ4v) is 2.70. The third-order valence-corrected chi connectivity index (χ3v) is 4.06. The Balaban J connectivity index is 2.03. The maximum atomic E-state index is 13.8. The van der Waals surface area contributed by atoms with E-state index in [2.05, 4.69) is 5.32 Å². The summed E-state index contributed by atoms with van der Waals surface area (Å²) >= 11 is 0. The van der Waals surface area contributed by atoms with Crippen molar-refractivity contribution < 1.29 is 14.3 Å². The van der Waals surface area contributed by atoms with Crippen LogP contribution in [-0.4, -0.2) is 24.2 Å². The van der Waals surface area contributed by atoms with Crippen LogP contribution in [0, 0.1) is 18.2 Å². The highest BCUT2D eigenvalue weighted by molar-refractivity contribution is 5.94. The Morgan fingerprint density at radius 1 is 1.42 bits per heavy atom. The highest BCUT2D eigenvalue weighted by Gasteiger charge is 2.33. The number of amides is 1. The van der Waals surface area contributed by atoms with Crippen LogP contribution >= 0.6 is 0 Å². The molecule has 1 fully saturated rings. The maximum Gasteiger partial charge on any atom is 0.254 e. The van der Waals surface area contributed by atoms with E-state index in [0.717, 1.165) is 25.7 Å². The van der Waals surface area contributed by atoms with Crippen molar-refractivity contribution in [3.8, 4) is 0 Å². The number of aryl methyl sites for hydroxylation is 1. The van der Waals surface area contributed by atoms with Crippen LogP contribution < -0.4 is 5.32 Å². The predicted molar refractivity (Wildman–Crippen MR) is 71.5 cm³/mol. The molecule has 2 rings (SSSR count). The van der Waals surface area contributed by atoms with Gasteiger partial charge >= 0.3 is 0 Å². The average molecular weight is 265 g/mol. The molecule has 0 aliphatic heterocycles. The monoisotopic (exact) mass is 265 g/mol. The van der Waals surface area contributed by atoms with E-state index in [9.17, 15) is 14.3 Å². The van der Waals surface area contributed by atoms with Gasteiger partial charge in [-0.1, -0.05) is 25.0 Å². The van der Waals surface area contributed by atoms with Crippen molar-refractivity contribution >= 4 is 5.91 Å². The van der Waals surface area contributed by atoms with Crippen LogP contribution in [0.15, 0.2) is 18.2 Å². The first kappa shape index (κ1) is 14.0. The molecular formula is C15H20FNO2. The van der Waals surface area contributed by atoms with E-state index in [4.69, 9.17) is 0 Å². The van der Waals surface area contributed by atoms with Crippen molar-refractivity contribution in [1.82, 2.24) is 5.32 Å². The number of carbonyl (C=O) groups excluding carboxylic acids is 1. The summed E-state index contributed by atoms with van der Waals surface area (Å²) in [5.74, 6) is -0.870. The molecule has 104 valence electrons. The zero-order valence-corrected chi connectivity index (χ0v) is 11.2. The molecule has 0 aromatic heterocycles. The molecule has 19 heavy (non-hydrogen) atoms. The summed E-state index contributed by atoms with van der Waals surface area (Å²) in [5.41, 5.74) is 0.326. The lowest BCUT2D eigenvalue weighted by molar-refractivity contribution is 0.0877. The first-order valence-electron chi connectivity index (χ1n) is 6.72. The highest BCUT2D eigenvalue weighted by Crippen LogP contribution is 2.36. The van der Waals surface area contributed by atoms with Crippen LogP contribution in [-0.2, 0) is 0 Å². The van der Waals surface area contributed by atoms with Gasteiger partial charge < -0.3 is 10.4 Å². The van der Waals surface area contributed by atoms with E-state index in [0.29, 0.717) is 12.1 Å². The summed E-state index contributed by atoms with van der Waals surface area (Å²) in [4.78, 5) is 12.0. The van der Waals surface area contributed by atoms with Gasteiger partial charge in [0.05, 0.1) is 12.2 Å². The van der Waals surface area contributed by atoms with E-state index >= 15 is 0 Å². The molecule has 1 aliphatic carbocycles. The molecule has 1 saturated carbocycles. The number of aliphatic hydroxyl groups is 1. The minimum Gasteiger partial charge on any atom is -0.396 e. The molecule has 3 nitrogen and oxygen atoms in total. The van der Waals surface area contributed by atoms with Gasteiger partial charge in [0.2, 0.25) is 0 Å². The van der Waals surface area contributed by atoms with Gasteiger partial charge in [-0.2, -0.15) is 0 Å². The molecule has 0 unspecified atom stereocenters. The highest BCUT2D eigenvalue weighted by atomic mass is 19.1. The first-order valence-corrected chi connectivity index (χ1v) is 6.72. The van der Waals surface area contributed by atoms with Crippen molar-refractivity contribution in [3.63, 3.8) is 0 Å². The van der Waals surface area contributed by atoms with Crippen molar-refractivity contribution in [2.45, 2.75) is 32.6 Å². The fraction of sp³-hybridized carbons (Fsp3) is 0.533. The second-order valence-electron chi connectivity index (χ2n) is 5.48. The fourth-order valence-electron chi connectivity index (χ4n) is 2.70. The van der Waals surface area contributed by atoms with Crippen LogP contribution in [0.2, 0.25) is 0 Å². The number of hydrogen-bond donors (Lipinski definition) is 2. The minimum atomic E-state index is -0.468. The molecule has 1 aromatic rings. The van der Waals surface area contributed by atoms with Gasteiger partial charge in [0.15, 0.2) is 0 Å². The molecule has 0 heterocycles. The van der Waals surface area contributed by atoms with Gasteiger partial charge in [0.1, 0.15) is 5.82 Å². The topological polar surface area (TPSA) is 49.3 Å². The van der Waals surface area contributed by atoms with E-state index < -0.39 is 11.7 Å². The Hall–Kier alpha value is -1.42. The van der Waals surface area contributed by atoms with Crippen LogP contribution in [0.25, 0.3) is 0 Å². The number of carbonyl (C=O) groups is 1. The zero-order chi connectivity index (χ0) is 13.9. The molecule has 1 amide bonds. The van der Waals surface area contributed by atoms with Crippen molar-refractivity contribution in [2.24, 2.45) is 5.41 Å². The summed E-state index contributed by atoms with van der Waals surface area (Å²) in [6.07, 6.45) is 3.99. The molecule has 1 aromatic carbocycles. The normalized spacial score (nSPS) is 17.4. The number of nitrogens with one attached hydrogen (secondary N) is 1. The Morgan fingerprint density at radius 3 is 2.74 bits per heavy atom. The summed E-state index contributed by atoms with van der Waals surface area (Å²) in [5, 5.41) is 12.2. The summed E-state index contributed by atoms with van der Waals surface area (Å²) in [6.45, 7) is 2.12. The molecular weight excluding hydrogens is 245 g/mol. The first-order chi connectivity index (χ1) is 9.08. The number of hydrogen-bond acceptors (Lipinski definition) is 2. The molecule has 1 aliphatic rings. The van der Waals surface area contributed by atoms with Crippen LogP contribution in [0.5, 0.6) is 0 Å². The van der Waals surface area contributed by atoms with Gasteiger partial charge in [-0.15, -0.1) is 0 Å². The Morgan fingerprint density at radius 2 is 2.11 bits per heavy atom. The Bertz CT molecular complexity index is 467. The zero-order valence-electron chi connectivity index (χ0n) is 11.2. The molecule has 0 radical (unpaired) electrons. The van der Waals surface area contributed by atoms with E-state index in [1.807, 2.05) is 0 Å². The average Bonchev–Trinajstić information content (AvgIpc) is 2.89. The van der Waals surface area contributed by atoms with Crippen molar-refractivity contribution in [1.29, 1.82) is 0 Å². The van der Waals surface area contributed by atoms with E-state index in [-0.39, 0.29) is 17.6 Å². The lowest BCUT2D eigenvalue weighted by atomic mass is 9.87. The number of halogens is 1. The smallest absolute Gasteiger partial charge is 0.254 e. The summed E-state index contributed by atoms with van der Waals surface area (Å²) in [6, 6.07) is 4.79. The molecule has 0 atom stereocenters. The molecule has 0 spiro atoms. The van der Waals surface area contributed by atoms with Gasteiger partial charge in [-0.3, -0.25) is 4.79 Å². The third kappa shape index (κ3) is 2.95. The SMILES string of the molecule is Cc1cccc(C(=O)NCC2(CO)CCCC2)c1F. The van der Waals surface area contributed by atoms with Gasteiger partial charge in [-0.25, -0.2) is 4.39 Å². The second-order valence-corrected chi connectivity index (χ2v) is 5.48. The van der Waals surface area contributed by atoms with Crippen molar-refractivity contribution in [2.75, 3.05) is 13.2 Å². The predicted octanol–water partition coefficient (Wildman–Crippen LogP) is 2.42. The summed E-state index contributed by atoms with van der Waals surface area (Å²) < 4.78 is 13.8. The molecule has 4 heteroatoms. The lowest BCUT2D eigenvalue weighted by Gasteiger charge is -2.26. The molecule has 0 saturated heterocycles. The molecule has 0 bridgehead atoms. The third-order valence-electron chi connectivity index (χ3n) is 4.06. The largest absolute Gasteiger partial charge is 0.396 e. The number of benzene rings is 1. The van der Waals surface area contributed by atoms with Crippen LogP contribution in [0.4, 0.5) is 4.39 Å². The molecule has 2 N–H and O–H groups in total.